The average molecular weight is 378 g/mol. The molecule has 0 fully saturated rings. The molecular weight excluding hydrogens is 356 g/mol. The summed E-state index contributed by atoms with van der Waals surface area (Å²) in [4.78, 5) is 14.4. The standard InChI is InChI=1S/C22H22N2O2S/c1-12-7-9-15-17(11-12)27-22-19(15)21(25)23-20(24-22)18-14-6-4-3-5-13(14)8-10-16(18)26-2/h3-6,8,10,12,20,24H,7,9,11H2,1-2H3,(H,23,25)/t12-,20-/m0/s1. The van der Waals surface area contributed by atoms with Crippen LogP contribution in [0, 0.1) is 5.92 Å². The van der Waals surface area contributed by atoms with Crippen LogP contribution in [0.3, 0.4) is 0 Å². The number of hydrogen-bond acceptors (Lipinski definition) is 4. The Balaban J connectivity index is 1.62. The first kappa shape index (κ1) is 16.6. The van der Waals surface area contributed by atoms with Crippen LogP contribution >= 0.6 is 11.3 Å². The number of amides is 1. The Morgan fingerprint density at radius 3 is 2.85 bits per heavy atom. The monoisotopic (exact) mass is 378 g/mol. The van der Waals surface area contributed by atoms with Crippen LogP contribution in [-0.2, 0) is 12.8 Å². The van der Waals surface area contributed by atoms with E-state index in [1.54, 1.807) is 18.4 Å². The van der Waals surface area contributed by atoms with Crippen LogP contribution in [0.2, 0.25) is 0 Å². The van der Waals surface area contributed by atoms with Crippen molar-refractivity contribution in [3.8, 4) is 5.75 Å². The summed E-state index contributed by atoms with van der Waals surface area (Å²) in [6.45, 7) is 2.29. The highest BCUT2D eigenvalue weighted by Gasteiger charge is 2.34. The molecule has 0 saturated heterocycles. The van der Waals surface area contributed by atoms with E-state index in [4.69, 9.17) is 4.74 Å². The van der Waals surface area contributed by atoms with Gasteiger partial charge < -0.3 is 15.4 Å². The Hall–Kier alpha value is -2.53. The predicted octanol–water partition coefficient (Wildman–Crippen LogP) is 4.89. The molecule has 0 spiro atoms. The number of thiophene rings is 1. The van der Waals surface area contributed by atoms with E-state index in [0.29, 0.717) is 5.92 Å². The molecule has 5 heteroatoms. The van der Waals surface area contributed by atoms with E-state index >= 15 is 0 Å². The average Bonchev–Trinajstić information content (AvgIpc) is 3.04. The third-order valence-electron chi connectivity index (χ3n) is 5.73. The molecule has 1 aliphatic carbocycles. The molecular formula is C22H22N2O2S. The topological polar surface area (TPSA) is 50.4 Å². The minimum Gasteiger partial charge on any atom is -0.496 e. The number of hydrogen-bond donors (Lipinski definition) is 2. The Kier molecular flexibility index (Phi) is 3.86. The second-order valence-electron chi connectivity index (χ2n) is 7.51. The van der Waals surface area contributed by atoms with Gasteiger partial charge in [-0.25, -0.2) is 0 Å². The van der Waals surface area contributed by atoms with Gasteiger partial charge in [-0.05, 0) is 47.6 Å². The first-order chi connectivity index (χ1) is 13.2. The van der Waals surface area contributed by atoms with E-state index in [0.717, 1.165) is 51.9 Å². The number of carbonyl (C=O) groups is 1. The number of fused-ring (bicyclic) bond motifs is 4. The van der Waals surface area contributed by atoms with Gasteiger partial charge in [0.2, 0.25) is 0 Å². The highest BCUT2D eigenvalue weighted by Crippen LogP contribution is 2.44. The largest absolute Gasteiger partial charge is 0.496 e. The molecule has 1 aromatic heterocycles. The normalized spacial score (nSPS) is 21.2. The van der Waals surface area contributed by atoms with Crippen molar-refractivity contribution in [2.24, 2.45) is 5.92 Å². The zero-order valence-electron chi connectivity index (χ0n) is 15.5. The van der Waals surface area contributed by atoms with E-state index in [9.17, 15) is 4.79 Å². The van der Waals surface area contributed by atoms with Gasteiger partial charge in [-0.2, -0.15) is 0 Å². The van der Waals surface area contributed by atoms with Crippen molar-refractivity contribution >= 4 is 33.0 Å². The lowest BCUT2D eigenvalue weighted by molar-refractivity contribution is 0.0935. The number of benzene rings is 2. The lowest BCUT2D eigenvalue weighted by Crippen LogP contribution is -2.38. The summed E-state index contributed by atoms with van der Waals surface area (Å²) >= 11 is 1.75. The van der Waals surface area contributed by atoms with Gasteiger partial charge in [0, 0.05) is 10.4 Å². The zero-order chi connectivity index (χ0) is 18.5. The Labute approximate surface area is 162 Å². The van der Waals surface area contributed by atoms with Crippen molar-refractivity contribution in [1.29, 1.82) is 0 Å². The van der Waals surface area contributed by atoms with E-state index in [1.807, 2.05) is 18.2 Å². The van der Waals surface area contributed by atoms with Gasteiger partial charge in [0.1, 0.15) is 16.9 Å². The third kappa shape index (κ3) is 2.60. The summed E-state index contributed by atoms with van der Waals surface area (Å²) in [5, 5.41) is 9.99. The van der Waals surface area contributed by atoms with Crippen molar-refractivity contribution in [3.05, 3.63) is 58.0 Å². The summed E-state index contributed by atoms with van der Waals surface area (Å²) in [5.74, 6) is 1.50. The maximum atomic E-state index is 13.0. The fourth-order valence-electron chi connectivity index (χ4n) is 4.36. The molecule has 0 radical (unpaired) electrons. The van der Waals surface area contributed by atoms with Crippen LogP contribution in [0.4, 0.5) is 5.00 Å². The highest BCUT2D eigenvalue weighted by molar-refractivity contribution is 7.16. The van der Waals surface area contributed by atoms with Gasteiger partial charge in [-0.3, -0.25) is 4.79 Å². The van der Waals surface area contributed by atoms with Crippen molar-refractivity contribution in [2.75, 3.05) is 12.4 Å². The lowest BCUT2D eigenvalue weighted by Gasteiger charge is -2.29. The highest BCUT2D eigenvalue weighted by atomic mass is 32.1. The van der Waals surface area contributed by atoms with Gasteiger partial charge in [0.15, 0.2) is 0 Å². The minimum absolute atomic E-state index is 0.0239. The molecule has 3 aromatic rings. The predicted molar refractivity (Wildman–Crippen MR) is 110 cm³/mol. The van der Waals surface area contributed by atoms with Crippen molar-refractivity contribution in [2.45, 2.75) is 32.4 Å². The first-order valence-corrected chi connectivity index (χ1v) is 10.2. The number of rotatable bonds is 2. The van der Waals surface area contributed by atoms with Crippen molar-refractivity contribution in [1.82, 2.24) is 5.32 Å². The van der Waals surface area contributed by atoms with Gasteiger partial charge >= 0.3 is 0 Å². The number of anilines is 1. The third-order valence-corrected chi connectivity index (χ3v) is 6.91. The zero-order valence-corrected chi connectivity index (χ0v) is 16.3. The molecule has 2 heterocycles. The van der Waals surface area contributed by atoms with Crippen LogP contribution < -0.4 is 15.4 Å². The quantitative estimate of drug-likeness (QED) is 0.668. The maximum absolute atomic E-state index is 13.0. The van der Waals surface area contributed by atoms with Crippen LogP contribution in [-0.4, -0.2) is 13.0 Å². The number of nitrogens with one attached hydrogen (secondary N) is 2. The molecule has 2 aromatic carbocycles. The molecule has 138 valence electrons. The molecule has 27 heavy (non-hydrogen) atoms. The smallest absolute Gasteiger partial charge is 0.256 e. The molecule has 2 N–H and O–H groups in total. The lowest BCUT2D eigenvalue weighted by atomic mass is 9.88. The molecule has 5 rings (SSSR count). The van der Waals surface area contributed by atoms with Gasteiger partial charge in [-0.1, -0.05) is 37.3 Å². The van der Waals surface area contributed by atoms with E-state index < -0.39 is 0 Å². The summed E-state index contributed by atoms with van der Waals surface area (Å²) in [6, 6.07) is 12.2. The maximum Gasteiger partial charge on any atom is 0.256 e. The van der Waals surface area contributed by atoms with E-state index in [2.05, 4.69) is 35.8 Å². The SMILES string of the molecule is COc1ccc2ccccc2c1[C@H]1NC(=O)c2c(sc3c2CC[C@H](C)C3)N1. The van der Waals surface area contributed by atoms with Crippen molar-refractivity contribution < 1.29 is 9.53 Å². The van der Waals surface area contributed by atoms with Crippen LogP contribution in [0.5, 0.6) is 5.75 Å². The molecule has 1 aliphatic heterocycles. The first-order valence-electron chi connectivity index (χ1n) is 9.43. The van der Waals surface area contributed by atoms with Gasteiger partial charge in [-0.15, -0.1) is 11.3 Å². The Morgan fingerprint density at radius 1 is 1.15 bits per heavy atom. The van der Waals surface area contributed by atoms with E-state index in [-0.39, 0.29) is 12.1 Å². The molecule has 0 saturated carbocycles. The molecule has 2 atom stereocenters. The Morgan fingerprint density at radius 2 is 2.00 bits per heavy atom. The van der Waals surface area contributed by atoms with Crippen LogP contribution in [0.25, 0.3) is 10.8 Å². The fraction of sp³-hybridized carbons (Fsp3) is 0.318. The summed E-state index contributed by atoms with van der Waals surface area (Å²) in [6.07, 6.45) is 2.93. The second-order valence-corrected chi connectivity index (χ2v) is 8.61. The second kappa shape index (κ2) is 6.27. The molecule has 0 unspecified atom stereocenters. The molecule has 1 amide bonds. The summed E-state index contributed by atoms with van der Waals surface area (Å²) in [5.41, 5.74) is 3.09. The van der Waals surface area contributed by atoms with Crippen molar-refractivity contribution in [3.63, 3.8) is 0 Å². The van der Waals surface area contributed by atoms with E-state index in [1.165, 1.54) is 10.4 Å². The van der Waals surface area contributed by atoms with Gasteiger partial charge in [0.25, 0.3) is 5.91 Å². The fourth-order valence-corrected chi connectivity index (χ4v) is 5.80. The Bertz CT molecular complexity index is 1060. The van der Waals surface area contributed by atoms with Gasteiger partial charge in [0.05, 0.1) is 12.7 Å². The van der Waals surface area contributed by atoms with Crippen LogP contribution in [0.15, 0.2) is 36.4 Å². The summed E-state index contributed by atoms with van der Waals surface area (Å²) < 4.78 is 5.64. The van der Waals surface area contributed by atoms with Crippen LogP contribution in [0.1, 0.15) is 45.9 Å². The minimum atomic E-state index is -0.302. The number of ether oxygens (including phenoxy) is 1. The number of carbonyl (C=O) groups excluding carboxylic acids is 1. The summed E-state index contributed by atoms with van der Waals surface area (Å²) in [7, 11) is 1.68. The molecule has 0 bridgehead atoms. The molecule has 2 aliphatic rings. The molecule has 4 nitrogen and oxygen atoms in total. The number of methoxy groups -OCH3 is 1.